The molecule has 132 valence electrons. The lowest BCUT2D eigenvalue weighted by Crippen LogP contribution is -2.41. The van der Waals surface area contributed by atoms with Crippen molar-refractivity contribution in [2.24, 2.45) is 0 Å². The molecule has 0 saturated carbocycles. The van der Waals surface area contributed by atoms with Crippen LogP contribution in [0.5, 0.6) is 0 Å². The van der Waals surface area contributed by atoms with E-state index < -0.39 is 18.3 Å². The molecule has 1 unspecified atom stereocenters. The number of methoxy groups -OCH3 is 1. The molecule has 5 nitrogen and oxygen atoms in total. The first-order valence-electron chi connectivity index (χ1n) is 8.51. The van der Waals surface area contributed by atoms with E-state index in [2.05, 4.69) is 4.98 Å². The van der Waals surface area contributed by atoms with Crippen LogP contribution in [0.3, 0.4) is 0 Å². The summed E-state index contributed by atoms with van der Waals surface area (Å²) in [6.07, 6.45) is 1.92. The molecule has 25 heavy (non-hydrogen) atoms. The van der Waals surface area contributed by atoms with Crippen LogP contribution in [0, 0.1) is 0 Å². The second-order valence-corrected chi connectivity index (χ2v) is 7.43. The van der Waals surface area contributed by atoms with Crippen molar-refractivity contribution in [3.63, 3.8) is 0 Å². The number of carbonyl (C=O) groups is 1. The van der Waals surface area contributed by atoms with Gasteiger partial charge in [0.05, 0.1) is 30.2 Å². The van der Waals surface area contributed by atoms with Gasteiger partial charge in [0, 0.05) is 17.4 Å². The Kier molecular flexibility index (Phi) is 4.60. The number of hydrogen-bond donors (Lipinski definition) is 0. The van der Waals surface area contributed by atoms with Crippen molar-refractivity contribution in [1.82, 2.24) is 4.98 Å². The van der Waals surface area contributed by atoms with Crippen LogP contribution in [0.25, 0.3) is 10.9 Å². The Hall–Kier alpha value is -1.92. The van der Waals surface area contributed by atoms with Crippen LogP contribution in [0.4, 0.5) is 0 Å². The van der Waals surface area contributed by atoms with Crippen molar-refractivity contribution in [2.75, 3.05) is 7.11 Å². The number of aromatic nitrogens is 1. The molecule has 0 amide bonds. The highest BCUT2D eigenvalue weighted by Gasteiger charge is 2.54. The molecule has 0 bridgehead atoms. The first-order chi connectivity index (χ1) is 11.7. The fourth-order valence-electron chi connectivity index (χ4n) is 3.10. The Morgan fingerprint density at radius 1 is 1.16 bits per heavy atom. The molecule has 1 aliphatic heterocycles. The molecule has 1 atom stereocenters. The van der Waals surface area contributed by atoms with E-state index in [1.54, 1.807) is 6.20 Å². The van der Waals surface area contributed by atoms with Gasteiger partial charge in [0.2, 0.25) is 0 Å². The van der Waals surface area contributed by atoms with E-state index >= 15 is 0 Å². The van der Waals surface area contributed by atoms with Gasteiger partial charge < -0.3 is 14.0 Å². The van der Waals surface area contributed by atoms with Gasteiger partial charge in [0.15, 0.2) is 0 Å². The van der Waals surface area contributed by atoms with Crippen LogP contribution >= 0.6 is 0 Å². The number of esters is 1. The third-order valence-electron chi connectivity index (χ3n) is 5.28. The number of fused-ring (bicyclic) bond motifs is 1. The fraction of sp³-hybridized carbons (Fsp3) is 0.474. The van der Waals surface area contributed by atoms with Crippen LogP contribution < -0.4 is 0 Å². The average molecular weight is 341 g/mol. The molecule has 1 aliphatic rings. The maximum atomic E-state index is 12.1. The standard InChI is InChI=1S/C19H24BNO4/c1-18(2)19(3,4)25-20(24-18)15(12-16(22)23-5)14-10-6-8-13-9-7-11-21-17(13)14/h6-11,15H,12H2,1-5H3. The van der Waals surface area contributed by atoms with Gasteiger partial charge in [-0.25, -0.2) is 0 Å². The lowest BCUT2D eigenvalue weighted by Gasteiger charge is -2.32. The first-order valence-corrected chi connectivity index (χ1v) is 8.51. The largest absolute Gasteiger partial charge is 0.469 e. The number of rotatable bonds is 4. The number of hydrogen-bond acceptors (Lipinski definition) is 5. The lowest BCUT2D eigenvalue weighted by atomic mass is 9.65. The number of ether oxygens (including phenoxy) is 1. The molecule has 1 aromatic heterocycles. The van der Waals surface area contributed by atoms with Gasteiger partial charge in [-0.15, -0.1) is 0 Å². The van der Waals surface area contributed by atoms with E-state index in [1.165, 1.54) is 7.11 Å². The summed E-state index contributed by atoms with van der Waals surface area (Å²) >= 11 is 0. The Balaban J connectivity index is 2.05. The zero-order chi connectivity index (χ0) is 18.2. The van der Waals surface area contributed by atoms with Gasteiger partial charge in [-0.05, 0) is 39.3 Å². The molecule has 0 radical (unpaired) electrons. The molecule has 1 saturated heterocycles. The average Bonchev–Trinajstić information content (AvgIpc) is 2.79. The van der Waals surface area contributed by atoms with Crippen molar-refractivity contribution in [3.05, 3.63) is 42.1 Å². The van der Waals surface area contributed by atoms with Crippen LogP contribution in [0.1, 0.15) is 45.5 Å². The second-order valence-electron chi connectivity index (χ2n) is 7.43. The highest BCUT2D eigenvalue weighted by atomic mass is 16.7. The second kappa shape index (κ2) is 6.43. The number of benzene rings is 1. The Morgan fingerprint density at radius 3 is 2.44 bits per heavy atom. The maximum absolute atomic E-state index is 12.1. The lowest BCUT2D eigenvalue weighted by molar-refractivity contribution is -0.140. The highest BCUT2D eigenvalue weighted by molar-refractivity contribution is 6.48. The minimum Gasteiger partial charge on any atom is -0.469 e. The minimum atomic E-state index is -0.545. The van der Waals surface area contributed by atoms with Crippen molar-refractivity contribution >= 4 is 24.0 Å². The molecule has 0 N–H and O–H groups in total. The smallest absolute Gasteiger partial charge is 0.466 e. The SMILES string of the molecule is COC(=O)CC(B1OC(C)(C)C(C)(C)O1)c1cccc2cccnc12. The predicted molar refractivity (Wildman–Crippen MR) is 97.2 cm³/mol. The summed E-state index contributed by atoms with van der Waals surface area (Å²) in [6, 6.07) is 9.86. The maximum Gasteiger partial charge on any atom is 0.466 e. The van der Waals surface area contributed by atoms with Crippen molar-refractivity contribution < 1.29 is 18.8 Å². The van der Waals surface area contributed by atoms with Crippen LogP contribution in [-0.4, -0.2) is 36.4 Å². The number of nitrogens with zero attached hydrogens (tertiary/aromatic N) is 1. The summed E-state index contributed by atoms with van der Waals surface area (Å²) in [5.74, 6) is -0.597. The van der Waals surface area contributed by atoms with E-state index in [9.17, 15) is 4.79 Å². The Bertz CT molecular complexity index is 769. The van der Waals surface area contributed by atoms with Crippen molar-refractivity contribution in [3.8, 4) is 0 Å². The third kappa shape index (κ3) is 3.28. The molecule has 6 heteroatoms. The highest BCUT2D eigenvalue weighted by Crippen LogP contribution is 2.42. The fourth-order valence-corrected chi connectivity index (χ4v) is 3.10. The number of pyridine rings is 1. The van der Waals surface area contributed by atoms with E-state index in [1.807, 2.05) is 58.0 Å². The van der Waals surface area contributed by atoms with Crippen molar-refractivity contribution in [2.45, 2.75) is 51.1 Å². The van der Waals surface area contributed by atoms with Gasteiger partial charge in [-0.3, -0.25) is 9.78 Å². The first kappa shape index (κ1) is 17.9. The normalized spacial score (nSPS) is 19.8. The number of para-hydroxylation sites is 1. The van der Waals surface area contributed by atoms with Gasteiger partial charge in [-0.2, -0.15) is 0 Å². The molecule has 2 heterocycles. The Morgan fingerprint density at radius 2 is 1.80 bits per heavy atom. The topological polar surface area (TPSA) is 57.7 Å². The summed E-state index contributed by atoms with van der Waals surface area (Å²) in [5.41, 5.74) is 0.851. The predicted octanol–water partition coefficient (Wildman–Crippen LogP) is 3.51. The van der Waals surface area contributed by atoms with E-state index in [-0.39, 0.29) is 18.2 Å². The molecule has 1 aromatic carbocycles. The Labute approximate surface area is 148 Å². The molecule has 3 rings (SSSR count). The molecule has 0 spiro atoms. The summed E-state index contributed by atoms with van der Waals surface area (Å²) < 4.78 is 17.3. The van der Waals surface area contributed by atoms with Gasteiger partial charge in [-0.1, -0.05) is 24.3 Å². The van der Waals surface area contributed by atoms with Gasteiger partial charge in [0.1, 0.15) is 0 Å². The van der Waals surface area contributed by atoms with Crippen LogP contribution in [0.15, 0.2) is 36.5 Å². The zero-order valence-electron chi connectivity index (χ0n) is 15.4. The quantitative estimate of drug-likeness (QED) is 0.629. The third-order valence-corrected chi connectivity index (χ3v) is 5.28. The zero-order valence-corrected chi connectivity index (χ0v) is 15.4. The minimum absolute atomic E-state index is 0.170. The summed E-state index contributed by atoms with van der Waals surface area (Å²) in [5, 5.41) is 1.02. The van der Waals surface area contributed by atoms with Crippen LogP contribution in [-0.2, 0) is 18.8 Å². The summed E-state index contributed by atoms with van der Waals surface area (Å²) in [4.78, 5) is 16.6. The van der Waals surface area contributed by atoms with Gasteiger partial charge >= 0.3 is 13.1 Å². The van der Waals surface area contributed by atoms with Crippen molar-refractivity contribution in [1.29, 1.82) is 0 Å². The molecule has 1 fully saturated rings. The molecule has 2 aromatic rings. The molecular weight excluding hydrogens is 317 g/mol. The molecule has 0 aliphatic carbocycles. The summed E-state index contributed by atoms with van der Waals surface area (Å²) in [6.45, 7) is 8.01. The number of carbonyl (C=O) groups excluding carboxylic acids is 1. The van der Waals surface area contributed by atoms with Crippen LogP contribution in [0.2, 0.25) is 0 Å². The van der Waals surface area contributed by atoms with E-state index in [0.29, 0.717) is 0 Å². The monoisotopic (exact) mass is 341 g/mol. The van der Waals surface area contributed by atoms with E-state index in [0.717, 1.165) is 16.5 Å². The van der Waals surface area contributed by atoms with E-state index in [4.69, 9.17) is 14.0 Å². The van der Waals surface area contributed by atoms with Gasteiger partial charge in [0.25, 0.3) is 0 Å². The summed E-state index contributed by atoms with van der Waals surface area (Å²) in [7, 11) is 0.849. The molecular formula is C19H24BNO4.